The van der Waals surface area contributed by atoms with Crippen molar-refractivity contribution in [2.24, 2.45) is 5.92 Å². The molecule has 2 heterocycles. The topological polar surface area (TPSA) is 127 Å². The van der Waals surface area contributed by atoms with E-state index >= 15 is 0 Å². The summed E-state index contributed by atoms with van der Waals surface area (Å²) in [6, 6.07) is 15.1. The Labute approximate surface area is 215 Å². The molecule has 0 N–H and O–H groups in total. The van der Waals surface area contributed by atoms with Crippen molar-refractivity contribution < 1.29 is 28.8 Å². The van der Waals surface area contributed by atoms with Crippen molar-refractivity contribution in [2.45, 2.75) is 13.3 Å². The van der Waals surface area contributed by atoms with E-state index in [4.69, 9.17) is 16.3 Å². The molecule has 1 saturated heterocycles. The smallest absolute Gasteiger partial charge is 0.316 e. The molecule has 3 aromatic carbocycles. The van der Waals surface area contributed by atoms with Gasteiger partial charge in [0.15, 0.2) is 0 Å². The largest absolute Gasteiger partial charge is 0.426 e. The summed E-state index contributed by atoms with van der Waals surface area (Å²) in [5, 5.41) is 11.8. The van der Waals surface area contributed by atoms with Crippen LogP contribution in [0.3, 0.4) is 0 Å². The Morgan fingerprint density at radius 1 is 1.03 bits per heavy atom. The molecular weight excluding hydrogens is 502 g/mol. The molecule has 37 heavy (non-hydrogen) atoms. The first-order chi connectivity index (χ1) is 17.7. The minimum Gasteiger partial charge on any atom is -0.426 e. The average molecular weight is 520 g/mol. The molecule has 0 aliphatic carbocycles. The number of rotatable bonds is 5. The highest BCUT2D eigenvalue weighted by molar-refractivity contribution is 6.36. The van der Waals surface area contributed by atoms with E-state index < -0.39 is 34.3 Å². The number of para-hydroxylation sites is 1. The normalized spacial score (nSPS) is 16.8. The van der Waals surface area contributed by atoms with E-state index in [1.807, 2.05) is 0 Å². The Morgan fingerprint density at radius 2 is 1.78 bits per heavy atom. The minimum absolute atomic E-state index is 0.0328. The minimum atomic E-state index is -0.802. The highest BCUT2D eigenvalue weighted by Gasteiger charge is 2.42. The Kier molecular flexibility index (Phi) is 5.96. The van der Waals surface area contributed by atoms with E-state index in [1.165, 1.54) is 41.3 Å². The third kappa shape index (κ3) is 4.11. The molecule has 3 aromatic rings. The second kappa shape index (κ2) is 9.14. The molecule has 0 bridgehead atoms. The molecule has 3 amide bonds. The first kappa shape index (κ1) is 24.1. The fraction of sp³-hybridized carbons (Fsp3) is 0.154. The van der Waals surface area contributed by atoms with E-state index in [1.54, 1.807) is 31.2 Å². The van der Waals surface area contributed by atoms with Gasteiger partial charge in [0.05, 0.1) is 32.8 Å². The van der Waals surface area contributed by atoms with Gasteiger partial charge in [0.2, 0.25) is 5.91 Å². The van der Waals surface area contributed by atoms with Crippen molar-refractivity contribution in [1.29, 1.82) is 0 Å². The van der Waals surface area contributed by atoms with E-state index in [2.05, 4.69) is 0 Å². The second-order valence-electron chi connectivity index (χ2n) is 8.63. The molecule has 0 unspecified atom stereocenters. The molecule has 11 heteroatoms. The standard InChI is InChI=1S/C26H18ClN3O7/c1-14-11-16(37-26(34)15-12-22(31)28(13-15)20-7-3-2-6-18(20)27)9-10-19(14)29-24(32)17-5-4-8-21(30(35)36)23(17)25(29)33/h2-11,15H,12-13H2,1H3/t15-/m1/s1. The van der Waals surface area contributed by atoms with E-state index in [9.17, 15) is 29.3 Å². The number of ether oxygens (including phenoxy) is 1. The third-order valence-corrected chi connectivity index (χ3v) is 6.64. The van der Waals surface area contributed by atoms with Crippen LogP contribution >= 0.6 is 11.6 Å². The number of nitro benzene ring substituents is 1. The molecular formula is C26H18ClN3O7. The number of fused-ring (bicyclic) bond motifs is 1. The highest BCUT2D eigenvalue weighted by Crippen LogP contribution is 2.37. The number of hydrogen-bond donors (Lipinski definition) is 0. The van der Waals surface area contributed by atoms with Gasteiger partial charge in [-0.05, 0) is 48.9 Å². The van der Waals surface area contributed by atoms with Crippen molar-refractivity contribution in [1.82, 2.24) is 0 Å². The van der Waals surface area contributed by atoms with E-state index in [-0.39, 0.29) is 41.4 Å². The number of aryl methyl sites for hydroxylation is 1. The van der Waals surface area contributed by atoms with Crippen LogP contribution in [-0.4, -0.2) is 35.2 Å². The van der Waals surface area contributed by atoms with Crippen molar-refractivity contribution in [3.05, 3.63) is 92.5 Å². The molecule has 0 aromatic heterocycles. The number of nitro groups is 1. The maximum atomic E-state index is 13.0. The summed E-state index contributed by atoms with van der Waals surface area (Å²) in [6.07, 6.45) is -0.0328. The number of carbonyl (C=O) groups is 4. The summed E-state index contributed by atoms with van der Waals surface area (Å²) in [5.41, 5.74) is 0.401. The number of nitrogens with zero attached hydrogens (tertiary/aromatic N) is 3. The molecule has 1 fully saturated rings. The van der Waals surface area contributed by atoms with Crippen LogP contribution in [0.5, 0.6) is 5.75 Å². The highest BCUT2D eigenvalue weighted by atomic mass is 35.5. The van der Waals surface area contributed by atoms with Gasteiger partial charge in [0.1, 0.15) is 11.3 Å². The SMILES string of the molecule is Cc1cc(OC(=O)[C@@H]2CC(=O)N(c3ccccc3Cl)C2)ccc1N1C(=O)c2cccc([N+](=O)[O-])c2C1=O. The summed E-state index contributed by atoms with van der Waals surface area (Å²) in [5.74, 6) is -2.88. The lowest BCUT2D eigenvalue weighted by Crippen LogP contribution is -2.30. The quantitative estimate of drug-likeness (QED) is 0.161. The Morgan fingerprint density at radius 3 is 2.49 bits per heavy atom. The molecule has 0 radical (unpaired) electrons. The van der Waals surface area contributed by atoms with Crippen LogP contribution in [0.2, 0.25) is 5.02 Å². The van der Waals surface area contributed by atoms with Crippen molar-refractivity contribution in [3.63, 3.8) is 0 Å². The Balaban J connectivity index is 1.33. The number of imide groups is 1. The van der Waals surface area contributed by atoms with Crippen LogP contribution < -0.4 is 14.5 Å². The lowest BCUT2D eigenvalue weighted by molar-refractivity contribution is -0.385. The van der Waals surface area contributed by atoms with Gasteiger partial charge in [-0.25, -0.2) is 4.90 Å². The predicted octanol–water partition coefficient (Wildman–Crippen LogP) is 4.32. The number of halogens is 1. The molecule has 186 valence electrons. The number of anilines is 2. The van der Waals surface area contributed by atoms with Crippen molar-refractivity contribution >= 4 is 52.4 Å². The van der Waals surface area contributed by atoms with Gasteiger partial charge in [0, 0.05) is 19.0 Å². The maximum absolute atomic E-state index is 13.0. The predicted molar refractivity (Wildman–Crippen MR) is 133 cm³/mol. The van der Waals surface area contributed by atoms with Gasteiger partial charge in [-0.1, -0.05) is 29.8 Å². The van der Waals surface area contributed by atoms with Crippen LogP contribution in [-0.2, 0) is 9.59 Å². The third-order valence-electron chi connectivity index (χ3n) is 6.32. The molecule has 5 rings (SSSR count). The molecule has 2 aliphatic heterocycles. The number of carbonyl (C=O) groups excluding carboxylic acids is 4. The summed E-state index contributed by atoms with van der Waals surface area (Å²) >= 11 is 6.19. The van der Waals surface area contributed by atoms with Gasteiger partial charge >= 0.3 is 5.97 Å². The Bertz CT molecular complexity index is 1520. The summed E-state index contributed by atoms with van der Waals surface area (Å²) in [4.78, 5) is 64.2. The fourth-order valence-corrected chi connectivity index (χ4v) is 4.79. The molecule has 0 saturated carbocycles. The summed E-state index contributed by atoms with van der Waals surface area (Å²) in [7, 11) is 0. The second-order valence-corrected chi connectivity index (χ2v) is 9.04. The zero-order chi connectivity index (χ0) is 26.4. The molecule has 10 nitrogen and oxygen atoms in total. The maximum Gasteiger partial charge on any atom is 0.316 e. The average Bonchev–Trinajstić information content (AvgIpc) is 3.37. The molecule has 2 aliphatic rings. The van der Waals surface area contributed by atoms with Gasteiger partial charge in [-0.2, -0.15) is 0 Å². The monoisotopic (exact) mass is 519 g/mol. The van der Waals surface area contributed by atoms with Crippen LogP contribution in [0, 0.1) is 23.0 Å². The van der Waals surface area contributed by atoms with Gasteiger partial charge in [0.25, 0.3) is 17.5 Å². The van der Waals surface area contributed by atoms with Gasteiger partial charge in [-0.3, -0.25) is 29.3 Å². The number of amides is 3. The first-order valence-corrected chi connectivity index (χ1v) is 11.6. The van der Waals surface area contributed by atoms with Gasteiger partial charge in [-0.15, -0.1) is 0 Å². The van der Waals surface area contributed by atoms with Crippen LogP contribution in [0.25, 0.3) is 0 Å². The lowest BCUT2D eigenvalue weighted by Gasteiger charge is -2.18. The zero-order valence-electron chi connectivity index (χ0n) is 19.3. The Hall–Kier alpha value is -4.57. The lowest BCUT2D eigenvalue weighted by atomic mass is 10.1. The van der Waals surface area contributed by atoms with Crippen LogP contribution in [0.15, 0.2) is 60.7 Å². The fourth-order valence-electron chi connectivity index (χ4n) is 4.55. The van der Waals surface area contributed by atoms with Crippen molar-refractivity contribution in [3.8, 4) is 5.75 Å². The number of esters is 1. The summed E-state index contributed by atoms with van der Waals surface area (Å²) < 4.78 is 5.50. The van der Waals surface area contributed by atoms with Crippen molar-refractivity contribution in [2.75, 3.05) is 16.3 Å². The van der Waals surface area contributed by atoms with E-state index in [0.717, 1.165) is 4.90 Å². The van der Waals surface area contributed by atoms with Crippen LogP contribution in [0.4, 0.5) is 17.1 Å². The van der Waals surface area contributed by atoms with Crippen LogP contribution in [0.1, 0.15) is 32.7 Å². The van der Waals surface area contributed by atoms with Gasteiger partial charge < -0.3 is 9.64 Å². The molecule has 0 spiro atoms. The number of benzene rings is 3. The summed E-state index contributed by atoms with van der Waals surface area (Å²) in [6.45, 7) is 1.73. The first-order valence-electron chi connectivity index (χ1n) is 11.2. The zero-order valence-corrected chi connectivity index (χ0v) is 20.1. The van der Waals surface area contributed by atoms with E-state index in [0.29, 0.717) is 16.3 Å². The number of hydrogen-bond acceptors (Lipinski definition) is 7. The molecule has 1 atom stereocenters.